The predicted octanol–water partition coefficient (Wildman–Crippen LogP) is 2.63. The van der Waals surface area contributed by atoms with Gasteiger partial charge in [-0.25, -0.2) is 14.4 Å². The fraction of sp³-hybridized carbons (Fsp3) is 0.0909. The predicted molar refractivity (Wildman–Crippen MR) is 64.1 cm³/mol. The van der Waals surface area contributed by atoms with Gasteiger partial charge in [-0.3, -0.25) is 0 Å². The summed E-state index contributed by atoms with van der Waals surface area (Å²) in [7, 11) is 0. The van der Waals surface area contributed by atoms with Crippen LogP contribution in [0.1, 0.15) is 5.56 Å². The summed E-state index contributed by atoms with van der Waals surface area (Å²) in [5.41, 5.74) is 6.22. The van der Waals surface area contributed by atoms with E-state index in [2.05, 4.69) is 25.9 Å². The van der Waals surface area contributed by atoms with Gasteiger partial charge in [-0.05, 0) is 34.1 Å². The van der Waals surface area contributed by atoms with Crippen molar-refractivity contribution in [2.24, 2.45) is 5.73 Å². The zero-order valence-corrected chi connectivity index (χ0v) is 10.3. The number of hydrogen-bond acceptors (Lipinski definition) is 4. The second-order valence-electron chi connectivity index (χ2n) is 3.24. The van der Waals surface area contributed by atoms with Crippen LogP contribution in [0.2, 0.25) is 0 Å². The van der Waals surface area contributed by atoms with Gasteiger partial charge in [0.05, 0.1) is 4.47 Å². The second kappa shape index (κ2) is 5.20. The molecule has 1 aromatic carbocycles. The highest BCUT2D eigenvalue weighted by molar-refractivity contribution is 9.10. The molecule has 0 aliphatic heterocycles. The van der Waals surface area contributed by atoms with Crippen LogP contribution >= 0.6 is 15.9 Å². The highest BCUT2D eigenvalue weighted by Gasteiger charge is 2.07. The summed E-state index contributed by atoms with van der Waals surface area (Å²) >= 11 is 3.08. The Bertz CT molecular complexity index is 536. The Kier molecular flexibility index (Phi) is 3.65. The molecule has 17 heavy (non-hydrogen) atoms. The monoisotopic (exact) mass is 297 g/mol. The molecular formula is C11H9BrFN3O. The second-order valence-corrected chi connectivity index (χ2v) is 4.09. The zero-order chi connectivity index (χ0) is 12.3. The van der Waals surface area contributed by atoms with Crippen molar-refractivity contribution in [2.45, 2.75) is 6.54 Å². The first-order valence-electron chi connectivity index (χ1n) is 4.82. The molecule has 0 unspecified atom stereocenters. The highest BCUT2D eigenvalue weighted by Crippen LogP contribution is 2.26. The minimum Gasteiger partial charge on any atom is -0.439 e. The minimum absolute atomic E-state index is 0.276. The molecule has 0 bridgehead atoms. The van der Waals surface area contributed by atoms with Crippen LogP contribution in [0, 0.1) is 5.82 Å². The van der Waals surface area contributed by atoms with E-state index in [1.165, 1.54) is 24.5 Å². The molecule has 6 heteroatoms. The molecule has 4 nitrogen and oxygen atoms in total. The van der Waals surface area contributed by atoms with Crippen LogP contribution in [-0.4, -0.2) is 9.97 Å². The Balaban J connectivity index is 2.28. The molecule has 0 aliphatic rings. The maximum absolute atomic E-state index is 13.0. The smallest absolute Gasteiger partial charge is 0.226 e. The van der Waals surface area contributed by atoms with Crippen LogP contribution in [0.5, 0.6) is 11.6 Å². The van der Waals surface area contributed by atoms with Gasteiger partial charge in [-0.1, -0.05) is 0 Å². The number of rotatable bonds is 3. The Morgan fingerprint density at radius 3 is 2.94 bits per heavy atom. The third-order valence-electron chi connectivity index (χ3n) is 2.07. The van der Waals surface area contributed by atoms with Gasteiger partial charge in [-0.15, -0.1) is 0 Å². The van der Waals surface area contributed by atoms with Crippen molar-refractivity contribution in [1.82, 2.24) is 9.97 Å². The number of halogens is 2. The fourth-order valence-electron chi connectivity index (χ4n) is 1.23. The topological polar surface area (TPSA) is 61.0 Å². The van der Waals surface area contributed by atoms with Gasteiger partial charge < -0.3 is 10.5 Å². The number of nitrogens with two attached hydrogens (primary N) is 1. The first-order chi connectivity index (χ1) is 8.20. The lowest BCUT2D eigenvalue weighted by Crippen LogP contribution is -2.02. The van der Waals surface area contributed by atoms with Crippen LogP contribution < -0.4 is 10.5 Å². The summed E-state index contributed by atoms with van der Waals surface area (Å²) in [4.78, 5) is 7.82. The average molecular weight is 298 g/mol. The Labute approximate surface area is 106 Å². The van der Waals surface area contributed by atoms with E-state index in [1.54, 1.807) is 6.20 Å². The van der Waals surface area contributed by atoms with Gasteiger partial charge in [0.2, 0.25) is 5.88 Å². The van der Waals surface area contributed by atoms with Crippen molar-refractivity contribution in [1.29, 1.82) is 0 Å². The van der Waals surface area contributed by atoms with Gasteiger partial charge in [0.25, 0.3) is 0 Å². The number of nitrogens with zero attached hydrogens (tertiary/aromatic N) is 2. The van der Waals surface area contributed by atoms with Crippen molar-refractivity contribution in [3.63, 3.8) is 0 Å². The largest absolute Gasteiger partial charge is 0.439 e. The molecule has 0 amide bonds. The van der Waals surface area contributed by atoms with Crippen molar-refractivity contribution < 1.29 is 9.13 Å². The summed E-state index contributed by atoms with van der Waals surface area (Å²) in [5.74, 6) is 0.506. The van der Waals surface area contributed by atoms with E-state index in [-0.39, 0.29) is 12.4 Å². The first-order valence-corrected chi connectivity index (χ1v) is 5.62. The third kappa shape index (κ3) is 2.78. The van der Waals surface area contributed by atoms with Crippen molar-refractivity contribution in [2.75, 3.05) is 0 Å². The van der Waals surface area contributed by atoms with E-state index >= 15 is 0 Å². The molecule has 0 radical (unpaired) electrons. The first kappa shape index (κ1) is 11.9. The number of aromatic nitrogens is 2. The standard InChI is InChI=1S/C11H9BrFN3O/c12-9-3-8(1-2-10(9)13)17-11-7(4-14)5-15-6-16-11/h1-3,5-6H,4,14H2. The van der Waals surface area contributed by atoms with Crippen LogP contribution in [-0.2, 0) is 6.54 Å². The lowest BCUT2D eigenvalue weighted by molar-refractivity contribution is 0.452. The third-order valence-corrected chi connectivity index (χ3v) is 2.68. The van der Waals surface area contributed by atoms with Crippen molar-refractivity contribution >= 4 is 15.9 Å². The highest BCUT2D eigenvalue weighted by atomic mass is 79.9. The molecule has 88 valence electrons. The van der Waals surface area contributed by atoms with E-state index in [0.717, 1.165) is 0 Å². The molecule has 0 spiro atoms. The fourth-order valence-corrected chi connectivity index (χ4v) is 1.59. The SMILES string of the molecule is NCc1cncnc1Oc1ccc(F)c(Br)c1. The van der Waals surface area contributed by atoms with Gasteiger partial charge in [0.15, 0.2) is 0 Å². The molecule has 0 aliphatic carbocycles. The lowest BCUT2D eigenvalue weighted by atomic mass is 10.3. The molecule has 2 N–H and O–H groups in total. The zero-order valence-electron chi connectivity index (χ0n) is 8.73. The van der Waals surface area contributed by atoms with Gasteiger partial charge in [0.1, 0.15) is 17.9 Å². The number of hydrogen-bond donors (Lipinski definition) is 1. The molecule has 1 heterocycles. The quantitative estimate of drug-likeness (QED) is 0.946. The van der Waals surface area contributed by atoms with Crippen LogP contribution in [0.3, 0.4) is 0 Å². The molecule has 1 aromatic heterocycles. The van der Waals surface area contributed by atoms with Crippen LogP contribution in [0.4, 0.5) is 4.39 Å². The lowest BCUT2D eigenvalue weighted by Gasteiger charge is -2.08. The maximum atomic E-state index is 13.0. The van der Waals surface area contributed by atoms with E-state index in [4.69, 9.17) is 10.5 Å². The molecule has 0 atom stereocenters. The summed E-state index contributed by atoms with van der Waals surface area (Å²) < 4.78 is 18.9. The van der Waals surface area contributed by atoms with E-state index in [0.29, 0.717) is 21.7 Å². The molecule has 0 fully saturated rings. The Morgan fingerprint density at radius 2 is 2.24 bits per heavy atom. The number of ether oxygens (including phenoxy) is 1. The summed E-state index contributed by atoms with van der Waals surface area (Å²) in [6.45, 7) is 0.276. The summed E-state index contributed by atoms with van der Waals surface area (Å²) in [5, 5.41) is 0. The van der Waals surface area contributed by atoms with E-state index < -0.39 is 0 Å². The maximum Gasteiger partial charge on any atom is 0.226 e. The summed E-state index contributed by atoms with van der Waals surface area (Å²) in [6.07, 6.45) is 2.95. The normalized spacial score (nSPS) is 10.3. The average Bonchev–Trinajstić information content (AvgIpc) is 2.34. The molecule has 0 saturated carbocycles. The Hall–Kier alpha value is -1.53. The molecular weight excluding hydrogens is 289 g/mol. The number of benzene rings is 1. The van der Waals surface area contributed by atoms with E-state index in [9.17, 15) is 4.39 Å². The minimum atomic E-state index is -0.348. The van der Waals surface area contributed by atoms with Gasteiger partial charge >= 0.3 is 0 Å². The van der Waals surface area contributed by atoms with E-state index in [1.807, 2.05) is 0 Å². The Morgan fingerprint density at radius 1 is 1.41 bits per heavy atom. The van der Waals surface area contributed by atoms with Crippen LogP contribution in [0.15, 0.2) is 35.2 Å². The molecule has 2 rings (SSSR count). The van der Waals surface area contributed by atoms with Gasteiger partial charge in [-0.2, -0.15) is 0 Å². The van der Waals surface area contributed by atoms with Crippen molar-refractivity contribution in [3.05, 3.63) is 46.6 Å². The van der Waals surface area contributed by atoms with Crippen LogP contribution in [0.25, 0.3) is 0 Å². The van der Waals surface area contributed by atoms with Crippen molar-refractivity contribution in [3.8, 4) is 11.6 Å². The summed E-state index contributed by atoms with van der Waals surface area (Å²) in [6, 6.07) is 4.35. The van der Waals surface area contributed by atoms with Gasteiger partial charge in [0, 0.05) is 18.3 Å². The molecule has 0 saturated heterocycles. The molecule has 2 aromatic rings.